The predicted octanol–water partition coefficient (Wildman–Crippen LogP) is 1.57. The molecule has 0 spiro atoms. The molecule has 0 saturated heterocycles. The lowest BCUT2D eigenvalue weighted by Crippen LogP contribution is -1.80. The van der Waals surface area contributed by atoms with Gasteiger partial charge in [-0.3, -0.25) is 4.98 Å². The third-order valence-corrected chi connectivity index (χ3v) is 2.03. The zero-order valence-electron chi connectivity index (χ0n) is 7.25. The average Bonchev–Trinajstić information content (AvgIpc) is 2.51. The van der Waals surface area contributed by atoms with Crippen molar-refractivity contribution in [1.29, 1.82) is 0 Å². The van der Waals surface area contributed by atoms with Crippen LogP contribution in [-0.2, 0) is 0 Å². The van der Waals surface area contributed by atoms with Crippen LogP contribution in [0.15, 0.2) is 36.8 Å². The van der Waals surface area contributed by atoms with Gasteiger partial charge >= 0.3 is 0 Å². The number of nitrogens with zero attached hydrogens (tertiary/aromatic N) is 4. The van der Waals surface area contributed by atoms with Crippen LogP contribution in [0.3, 0.4) is 0 Å². The molecule has 0 unspecified atom stereocenters. The minimum atomic E-state index is 0.672. The molecule has 0 bridgehead atoms. The molecule has 66 valence electrons. The fourth-order valence-corrected chi connectivity index (χ4v) is 1.38. The van der Waals surface area contributed by atoms with E-state index < -0.39 is 0 Å². The summed E-state index contributed by atoms with van der Waals surface area (Å²) < 4.78 is 0. The Hall–Kier alpha value is -2.10. The third-order valence-electron chi connectivity index (χ3n) is 2.03. The van der Waals surface area contributed by atoms with Crippen molar-refractivity contribution in [2.45, 2.75) is 0 Å². The van der Waals surface area contributed by atoms with Gasteiger partial charge in [-0.25, -0.2) is 15.0 Å². The molecular formula is C10H6N4. The van der Waals surface area contributed by atoms with E-state index in [2.05, 4.69) is 19.9 Å². The maximum Gasteiger partial charge on any atom is 0.180 e. The molecule has 0 amide bonds. The van der Waals surface area contributed by atoms with Crippen molar-refractivity contribution in [2.75, 3.05) is 0 Å². The van der Waals surface area contributed by atoms with Gasteiger partial charge in [0, 0.05) is 6.20 Å². The second kappa shape index (κ2) is 2.70. The first-order chi connectivity index (χ1) is 6.93. The molecule has 0 atom stereocenters. The third kappa shape index (κ3) is 1.01. The van der Waals surface area contributed by atoms with Crippen LogP contribution in [0, 0.1) is 0 Å². The second-order valence-electron chi connectivity index (χ2n) is 2.94. The van der Waals surface area contributed by atoms with Crippen LogP contribution < -0.4 is 0 Å². The Morgan fingerprint density at radius 1 is 0.857 bits per heavy atom. The highest BCUT2D eigenvalue weighted by Gasteiger charge is 2.00. The zero-order chi connectivity index (χ0) is 9.38. The molecule has 0 aliphatic heterocycles. The van der Waals surface area contributed by atoms with Crippen LogP contribution in [-0.4, -0.2) is 19.9 Å². The largest absolute Gasteiger partial charge is 0.255 e. The first kappa shape index (κ1) is 7.32. The Labute approximate surface area is 79.7 Å². The molecule has 3 heterocycles. The standard InChI is InChI=1S/C10H6N4/c1-2-4-11-8-5-9-10(13-6-12-9)14-7(8)3-1/h1-6H. The molecule has 14 heavy (non-hydrogen) atoms. The van der Waals surface area contributed by atoms with E-state index in [1.54, 1.807) is 6.20 Å². The van der Waals surface area contributed by atoms with Crippen LogP contribution >= 0.6 is 0 Å². The van der Waals surface area contributed by atoms with E-state index in [0.717, 1.165) is 16.6 Å². The molecule has 0 aliphatic carbocycles. The number of rotatable bonds is 0. The van der Waals surface area contributed by atoms with Gasteiger partial charge in [-0.15, -0.1) is 0 Å². The molecule has 0 radical (unpaired) electrons. The van der Waals surface area contributed by atoms with Gasteiger partial charge in [0.2, 0.25) is 0 Å². The molecule has 0 N–H and O–H groups in total. The topological polar surface area (TPSA) is 51.6 Å². The van der Waals surface area contributed by atoms with Gasteiger partial charge in [-0.1, -0.05) is 6.07 Å². The Balaban J connectivity index is 2.55. The Morgan fingerprint density at radius 3 is 2.86 bits per heavy atom. The Kier molecular flexibility index (Phi) is 1.41. The first-order valence-corrected chi connectivity index (χ1v) is 4.26. The predicted molar refractivity (Wildman–Crippen MR) is 52.6 cm³/mol. The van der Waals surface area contributed by atoms with Gasteiger partial charge < -0.3 is 0 Å². The molecule has 0 fully saturated rings. The van der Waals surface area contributed by atoms with E-state index in [4.69, 9.17) is 0 Å². The van der Waals surface area contributed by atoms with E-state index in [-0.39, 0.29) is 0 Å². The number of fused-ring (bicyclic) bond motifs is 2. The van der Waals surface area contributed by atoms with Crippen molar-refractivity contribution < 1.29 is 0 Å². The second-order valence-corrected chi connectivity index (χ2v) is 2.94. The highest BCUT2D eigenvalue weighted by atomic mass is 15.0. The molecule has 0 aliphatic rings. The molecule has 3 rings (SSSR count). The lowest BCUT2D eigenvalue weighted by molar-refractivity contribution is 1.32. The van der Waals surface area contributed by atoms with Crippen molar-refractivity contribution >= 4 is 22.2 Å². The summed E-state index contributed by atoms with van der Waals surface area (Å²) in [6.45, 7) is 0. The van der Waals surface area contributed by atoms with Crippen LogP contribution in [0.5, 0.6) is 0 Å². The van der Waals surface area contributed by atoms with E-state index >= 15 is 0 Å². The molecule has 0 aromatic carbocycles. The molecule has 4 heteroatoms. The van der Waals surface area contributed by atoms with Crippen LogP contribution in [0.4, 0.5) is 0 Å². The lowest BCUT2D eigenvalue weighted by Gasteiger charge is -1.89. The number of aromatic nitrogens is 4. The fourth-order valence-electron chi connectivity index (χ4n) is 1.38. The SMILES string of the molecule is c1ccc2nc3ncnc3cc2nc1. The van der Waals surface area contributed by atoms with E-state index in [0.29, 0.717) is 5.65 Å². The Morgan fingerprint density at radius 2 is 1.86 bits per heavy atom. The molecule has 0 saturated carbocycles. The van der Waals surface area contributed by atoms with Gasteiger partial charge in [0.1, 0.15) is 11.8 Å². The summed E-state index contributed by atoms with van der Waals surface area (Å²) in [4.78, 5) is 16.7. The number of hydrogen-bond acceptors (Lipinski definition) is 4. The van der Waals surface area contributed by atoms with Gasteiger partial charge in [0.15, 0.2) is 5.65 Å². The summed E-state index contributed by atoms with van der Waals surface area (Å²) in [7, 11) is 0. The van der Waals surface area contributed by atoms with Gasteiger partial charge in [0.25, 0.3) is 0 Å². The quantitative estimate of drug-likeness (QED) is 0.529. The van der Waals surface area contributed by atoms with Crippen molar-refractivity contribution in [3.8, 4) is 0 Å². The Bertz CT molecular complexity index is 556. The fraction of sp³-hybridized carbons (Fsp3) is 0. The molecule has 4 nitrogen and oxygen atoms in total. The van der Waals surface area contributed by atoms with Crippen molar-refractivity contribution in [3.63, 3.8) is 0 Å². The van der Waals surface area contributed by atoms with E-state index in [9.17, 15) is 0 Å². The summed E-state index contributed by atoms with van der Waals surface area (Å²) >= 11 is 0. The number of pyridine rings is 1. The van der Waals surface area contributed by atoms with Crippen molar-refractivity contribution in [3.05, 3.63) is 36.8 Å². The minimum Gasteiger partial charge on any atom is -0.255 e. The van der Waals surface area contributed by atoms with E-state index in [1.807, 2.05) is 24.3 Å². The maximum atomic E-state index is 4.34. The van der Waals surface area contributed by atoms with Gasteiger partial charge in [-0.05, 0) is 18.2 Å². The average molecular weight is 182 g/mol. The number of imidazole rings is 1. The van der Waals surface area contributed by atoms with Gasteiger partial charge in [0.05, 0.1) is 11.0 Å². The monoisotopic (exact) mass is 182 g/mol. The summed E-state index contributed by atoms with van der Waals surface area (Å²) in [5.41, 5.74) is 3.13. The van der Waals surface area contributed by atoms with Crippen LogP contribution in [0.2, 0.25) is 0 Å². The summed E-state index contributed by atoms with van der Waals surface area (Å²) in [6, 6.07) is 7.58. The summed E-state index contributed by atoms with van der Waals surface area (Å²) in [6.07, 6.45) is 3.25. The summed E-state index contributed by atoms with van der Waals surface area (Å²) in [5, 5.41) is 0. The zero-order valence-corrected chi connectivity index (χ0v) is 7.25. The molecule has 3 aromatic rings. The summed E-state index contributed by atoms with van der Waals surface area (Å²) in [5.74, 6) is 0. The lowest BCUT2D eigenvalue weighted by atomic mass is 10.3. The normalized spacial score (nSPS) is 10.9. The van der Waals surface area contributed by atoms with Crippen molar-refractivity contribution in [2.24, 2.45) is 0 Å². The maximum absolute atomic E-state index is 4.34. The molecular weight excluding hydrogens is 176 g/mol. The van der Waals surface area contributed by atoms with Gasteiger partial charge in [-0.2, -0.15) is 0 Å². The first-order valence-electron chi connectivity index (χ1n) is 4.26. The highest BCUT2D eigenvalue weighted by molar-refractivity contribution is 5.86. The smallest absolute Gasteiger partial charge is 0.180 e. The highest BCUT2D eigenvalue weighted by Crippen LogP contribution is 2.13. The van der Waals surface area contributed by atoms with Crippen LogP contribution in [0.1, 0.15) is 0 Å². The minimum absolute atomic E-state index is 0.672. The number of hydrogen-bond donors (Lipinski definition) is 0. The van der Waals surface area contributed by atoms with E-state index in [1.165, 1.54) is 6.33 Å². The molecule has 3 aromatic heterocycles. The van der Waals surface area contributed by atoms with Crippen LogP contribution in [0.25, 0.3) is 22.2 Å². The van der Waals surface area contributed by atoms with Crippen molar-refractivity contribution in [1.82, 2.24) is 19.9 Å².